The van der Waals surface area contributed by atoms with Crippen LogP contribution in [0.2, 0.25) is 0 Å². The summed E-state index contributed by atoms with van der Waals surface area (Å²) in [6, 6.07) is 0. The predicted octanol–water partition coefficient (Wildman–Crippen LogP) is 0.975. The molecule has 0 aromatic carbocycles. The standard InChI is InChI=1S/C9H9N5/c1-10-9-8(13-4-5-14-9)7-6-11-2-3-12-7/h2-6H,1H3,(H,10,14). The van der Waals surface area contributed by atoms with Crippen molar-refractivity contribution in [2.45, 2.75) is 0 Å². The Morgan fingerprint density at radius 3 is 2.50 bits per heavy atom. The third-order valence-corrected chi connectivity index (χ3v) is 1.74. The second-order valence-electron chi connectivity index (χ2n) is 2.59. The quantitative estimate of drug-likeness (QED) is 0.759. The van der Waals surface area contributed by atoms with E-state index in [0.29, 0.717) is 17.2 Å². The highest BCUT2D eigenvalue weighted by Crippen LogP contribution is 2.18. The number of aromatic nitrogens is 4. The molecule has 0 radical (unpaired) electrons. The molecule has 2 aromatic rings. The number of nitrogens with one attached hydrogen (secondary N) is 1. The van der Waals surface area contributed by atoms with Crippen molar-refractivity contribution < 1.29 is 0 Å². The Kier molecular flexibility index (Phi) is 2.31. The van der Waals surface area contributed by atoms with Gasteiger partial charge in [-0.25, -0.2) is 9.97 Å². The maximum absolute atomic E-state index is 4.19. The Balaban J connectivity index is 2.51. The Labute approximate surface area is 81.3 Å². The third-order valence-electron chi connectivity index (χ3n) is 1.74. The lowest BCUT2D eigenvalue weighted by molar-refractivity contribution is 1.14. The molecule has 0 amide bonds. The van der Waals surface area contributed by atoms with E-state index in [1.54, 1.807) is 38.0 Å². The maximum Gasteiger partial charge on any atom is 0.154 e. The van der Waals surface area contributed by atoms with Gasteiger partial charge < -0.3 is 5.32 Å². The summed E-state index contributed by atoms with van der Waals surface area (Å²) in [5.41, 5.74) is 1.42. The van der Waals surface area contributed by atoms with Gasteiger partial charge in [-0.3, -0.25) is 9.97 Å². The summed E-state index contributed by atoms with van der Waals surface area (Å²) in [6.07, 6.45) is 8.17. The van der Waals surface area contributed by atoms with E-state index < -0.39 is 0 Å². The van der Waals surface area contributed by atoms with Crippen LogP contribution in [0.3, 0.4) is 0 Å². The number of rotatable bonds is 2. The first kappa shape index (κ1) is 8.55. The summed E-state index contributed by atoms with van der Waals surface area (Å²) in [5.74, 6) is 0.702. The molecule has 2 rings (SSSR count). The molecule has 2 heterocycles. The Bertz CT molecular complexity index is 415. The molecule has 0 aliphatic heterocycles. The molecule has 0 atom stereocenters. The summed E-state index contributed by atoms with van der Waals surface area (Å²) in [6.45, 7) is 0. The van der Waals surface area contributed by atoms with Gasteiger partial charge in [0, 0.05) is 31.8 Å². The van der Waals surface area contributed by atoms with Crippen molar-refractivity contribution in [2.75, 3.05) is 12.4 Å². The van der Waals surface area contributed by atoms with Crippen LogP contribution in [0, 0.1) is 0 Å². The zero-order valence-electron chi connectivity index (χ0n) is 7.68. The van der Waals surface area contributed by atoms with Crippen LogP contribution < -0.4 is 5.32 Å². The van der Waals surface area contributed by atoms with E-state index in [-0.39, 0.29) is 0 Å². The van der Waals surface area contributed by atoms with Gasteiger partial charge in [-0.1, -0.05) is 0 Å². The summed E-state index contributed by atoms with van der Waals surface area (Å²) in [5, 5.41) is 2.95. The average molecular weight is 187 g/mol. The number of hydrogen-bond donors (Lipinski definition) is 1. The molecule has 1 N–H and O–H groups in total. The molecular formula is C9H9N5. The summed E-state index contributed by atoms with van der Waals surface area (Å²) < 4.78 is 0. The Morgan fingerprint density at radius 2 is 1.79 bits per heavy atom. The molecule has 0 fully saturated rings. The lowest BCUT2D eigenvalue weighted by atomic mass is 10.3. The lowest BCUT2D eigenvalue weighted by Gasteiger charge is -2.04. The molecule has 0 unspecified atom stereocenters. The summed E-state index contributed by atoms with van der Waals surface area (Å²) in [7, 11) is 1.80. The predicted molar refractivity (Wildman–Crippen MR) is 52.6 cm³/mol. The van der Waals surface area contributed by atoms with Gasteiger partial charge >= 0.3 is 0 Å². The second-order valence-corrected chi connectivity index (χ2v) is 2.59. The maximum atomic E-state index is 4.19. The molecule has 0 saturated heterocycles. The van der Waals surface area contributed by atoms with Crippen molar-refractivity contribution in [3.63, 3.8) is 0 Å². The van der Waals surface area contributed by atoms with E-state index in [1.807, 2.05) is 0 Å². The Morgan fingerprint density at radius 1 is 1.00 bits per heavy atom. The molecule has 70 valence electrons. The highest BCUT2D eigenvalue weighted by molar-refractivity contribution is 5.66. The van der Waals surface area contributed by atoms with Crippen molar-refractivity contribution >= 4 is 5.82 Å². The van der Waals surface area contributed by atoms with Crippen LogP contribution in [0.15, 0.2) is 31.0 Å². The normalized spacial score (nSPS) is 9.79. The minimum atomic E-state index is 0.702. The SMILES string of the molecule is CNc1nccnc1-c1cnccn1. The molecule has 0 aliphatic carbocycles. The van der Waals surface area contributed by atoms with Gasteiger partial charge in [0.25, 0.3) is 0 Å². The van der Waals surface area contributed by atoms with Gasteiger partial charge in [-0.15, -0.1) is 0 Å². The molecule has 0 saturated carbocycles. The highest BCUT2D eigenvalue weighted by atomic mass is 15.0. The monoisotopic (exact) mass is 187 g/mol. The lowest BCUT2D eigenvalue weighted by Crippen LogP contribution is -1.98. The van der Waals surface area contributed by atoms with E-state index >= 15 is 0 Å². The molecule has 14 heavy (non-hydrogen) atoms. The van der Waals surface area contributed by atoms with Crippen molar-refractivity contribution in [2.24, 2.45) is 0 Å². The highest BCUT2D eigenvalue weighted by Gasteiger charge is 2.06. The van der Waals surface area contributed by atoms with Crippen molar-refractivity contribution in [1.29, 1.82) is 0 Å². The van der Waals surface area contributed by atoms with E-state index in [1.165, 1.54) is 0 Å². The minimum absolute atomic E-state index is 0.702. The van der Waals surface area contributed by atoms with Crippen molar-refractivity contribution in [1.82, 2.24) is 19.9 Å². The molecule has 2 aromatic heterocycles. The van der Waals surface area contributed by atoms with Crippen LogP contribution in [0.4, 0.5) is 5.82 Å². The molecular weight excluding hydrogens is 178 g/mol. The first-order chi connectivity index (χ1) is 6.92. The fourth-order valence-electron chi connectivity index (χ4n) is 1.13. The van der Waals surface area contributed by atoms with Gasteiger partial charge in [0.2, 0.25) is 0 Å². The van der Waals surface area contributed by atoms with Crippen LogP contribution >= 0.6 is 0 Å². The zero-order chi connectivity index (χ0) is 9.80. The molecule has 0 spiro atoms. The van der Waals surface area contributed by atoms with Gasteiger partial charge in [-0.2, -0.15) is 0 Å². The largest absolute Gasteiger partial charge is 0.371 e. The van der Waals surface area contributed by atoms with Crippen LogP contribution in [-0.4, -0.2) is 27.0 Å². The molecule has 5 nitrogen and oxygen atoms in total. The van der Waals surface area contributed by atoms with Gasteiger partial charge in [0.1, 0.15) is 11.4 Å². The Hall–Kier alpha value is -2.04. The zero-order valence-corrected chi connectivity index (χ0v) is 7.68. The first-order valence-corrected chi connectivity index (χ1v) is 4.17. The first-order valence-electron chi connectivity index (χ1n) is 4.17. The topological polar surface area (TPSA) is 63.6 Å². The van der Waals surface area contributed by atoms with Gasteiger partial charge in [-0.05, 0) is 0 Å². The number of nitrogens with zero attached hydrogens (tertiary/aromatic N) is 4. The average Bonchev–Trinajstić information content (AvgIpc) is 2.30. The van der Waals surface area contributed by atoms with Crippen LogP contribution in [0.1, 0.15) is 0 Å². The van der Waals surface area contributed by atoms with Gasteiger partial charge in [0.15, 0.2) is 5.82 Å². The van der Waals surface area contributed by atoms with E-state index in [2.05, 4.69) is 25.3 Å². The van der Waals surface area contributed by atoms with E-state index in [4.69, 9.17) is 0 Å². The smallest absolute Gasteiger partial charge is 0.154 e. The number of hydrogen-bond acceptors (Lipinski definition) is 5. The van der Waals surface area contributed by atoms with Crippen LogP contribution in [0.5, 0.6) is 0 Å². The van der Waals surface area contributed by atoms with Crippen molar-refractivity contribution in [3.05, 3.63) is 31.0 Å². The van der Waals surface area contributed by atoms with Crippen LogP contribution in [-0.2, 0) is 0 Å². The molecule has 5 heteroatoms. The number of anilines is 1. The van der Waals surface area contributed by atoms with Crippen molar-refractivity contribution in [3.8, 4) is 11.4 Å². The summed E-state index contributed by atoms with van der Waals surface area (Å²) in [4.78, 5) is 16.5. The van der Waals surface area contributed by atoms with E-state index in [9.17, 15) is 0 Å². The van der Waals surface area contributed by atoms with E-state index in [0.717, 1.165) is 0 Å². The molecule has 0 aliphatic rings. The fourth-order valence-corrected chi connectivity index (χ4v) is 1.13. The minimum Gasteiger partial charge on any atom is -0.371 e. The second kappa shape index (κ2) is 3.78. The van der Waals surface area contributed by atoms with Gasteiger partial charge in [0.05, 0.1) is 6.20 Å². The third kappa shape index (κ3) is 1.52. The summed E-state index contributed by atoms with van der Waals surface area (Å²) >= 11 is 0. The fraction of sp³-hybridized carbons (Fsp3) is 0.111. The molecule has 0 bridgehead atoms. The van der Waals surface area contributed by atoms with Crippen LogP contribution in [0.25, 0.3) is 11.4 Å².